The lowest BCUT2D eigenvalue weighted by Crippen LogP contribution is -2.48. The minimum absolute atomic E-state index is 0.247. The molecule has 1 saturated heterocycles. The number of fused-ring (bicyclic) bond motifs is 1. The molecule has 0 atom stereocenters. The van der Waals surface area contributed by atoms with E-state index in [1.54, 1.807) is 12.0 Å². The van der Waals surface area contributed by atoms with E-state index in [0.717, 1.165) is 53.7 Å². The van der Waals surface area contributed by atoms with Crippen LogP contribution in [0.25, 0.3) is 10.8 Å². The van der Waals surface area contributed by atoms with E-state index in [1.807, 2.05) is 24.3 Å². The zero-order valence-corrected chi connectivity index (χ0v) is 19.8. The third-order valence-electron chi connectivity index (χ3n) is 7.19. The van der Waals surface area contributed by atoms with E-state index in [2.05, 4.69) is 33.9 Å². The number of methoxy groups -OCH3 is 1. The smallest absolute Gasteiger partial charge is 0.410 e. The molecule has 7 heteroatoms. The van der Waals surface area contributed by atoms with Crippen molar-refractivity contribution in [2.24, 2.45) is 0 Å². The van der Waals surface area contributed by atoms with E-state index in [0.29, 0.717) is 25.0 Å². The Morgan fingerprint density at radius 1 is 1.00 bits per heavy atom. The number of hydrogen-bond donors (Lipinski definition) is 1. The molecule has 3 aromatic rings. The monoisotopic (exact) mass is 463 g/mol. The van der Waals surface area contributed by atoms with Gasteiger partial charge in [0.2, 0.25) is 0 Å². The maximum Gasteiger partial charge on any atom is 0.410 e. The molecule has 1 amide bonds. The largest absolute Gasteiger partial charge is 0.497 e. The molecule has 180 valence electrons. The van der Waals surface area contributed by atoms with E-state index in [9.17, 15) is 9.90 Å². The number of nitrogens with zero attached hydrogens (tertiary/aromatic N) is 3. The van der Waals surface area contributed by atoms with Gasteiger partial charge in [-0.1, -0.05) is 37.5 Å². The fourth-order valence-electron chi connectivity index (χ4n) is 5.14. The molecule has 1 aromatic heterocycles. The quantitative estimate of drug-likeness (QED) is 0.555. The van der Waals surface area contributed by atoms with Gasteiger partial charge in [0.1, 0.15) is 12.4 Å². The first kappa shape index (κ1) is 22.4. The summed E-state index contributed by atoms with van der Waals surface area (Å²) in [6.45, 7) is 2.92. The molecular weight excluding hydrogens is 430 g/mol. The molecule has 1 aliphatic heterocycles. The first-order chi connectivity index (χ1) is 16.6. The minimum Gasteiger partial charge on any atom is -0.497 e. The van der Waals surface area contributed by atoms with Gasteiger partial charge in [0.15, 0.2) is 5.88 Å². The molecule has 1 aliphatic carbocycles. The molecule has 1 saturated carbocycles. The molecule has 7 nitrogen and oxygen atoms in total. The molecule has 2 aliphatic rings. The zero-order chi connectivity index (χ0) is 23.5. The second-order valence-corrected chi connectivity index (χ2v) is 9.30. The van der Waals surface area contributed by atoms with Crippen molar-refractivity contribution in [3.63, 3.8) is 0 Å². The van der Waals surface area contributed by atoms with E-state index < -0.39 is 0 Å². The lowest BCUT2D eigenvalue weighted by atomic mass is 9.95. The Morgan fingerprint density at radius 2 is 1.74 bits per heavy atom. The molecular formula is C27H33N3O4. The van der Waals surface area contributed by atoms with E-state index in [1.165, 1.54) is 19.3 Å². The number of carbonyl (C=O) groups is 1. The Kier molecular flexibility index (Phi) is 6.52. The number of ether oxygens (including phenoxy) is 2. The highest BCUT2D eigenvalue weighted by molar-refractivity contribution is 5.91. The predicted octanol–water partition coefficient (Wildman–Crippen LogP) is 5.32. The molecule has 1 N–H and O–H groups in total. The Hall–Kier alpha value is -3.35. The van der Waals surface area contributed by atoms with Crippen LogP contribution in [0.4, 0.5) is 10.5 Å². The second-order valence-electron chi connectivity index (χ2n) is 9.30. The van der Waals surface area contributed by atoms with Crippen molar-refractivity contribution in [1.82, 2.24) is 9.47 Å². The van der Waals surface area contributed by atoms with Crippen LogP contribution in [-0.2, 0) is 11.3 Å². The normalized spacial score (nSPS) is 17.2. The summed E-state index contributed by atoms with van der Waals surface area (Å²) in [4.78, 5) is 16.6. The summed E-state index contributed by atoms with van der Waals surface area (Å²) in [5.41, 5.74) is 2.01. The van der Waals surface area contributed by atoms with Crippen molar-refractivity contribution < 1.29 is 19.4 Å². The van der Waals surface area contributed by atoms with Crippen molar-refractivity contribution in [2.45, 2.75) is 44.8 Å². The number of carbonyl (C=O) groups excluding carboxylic acids is 1. The number of benzene rings is 2. The van der Waals surface area contributed by atoms with Gasteiger partial charge in [-0.25, -0.2) is 4.79 Å². The Bertz CT molecular complexity index is 1130. The van der Waals surface area contributed by atoms with E-state index >= 15 is 0 Å². The maximum atomic E-state index is 12.5. The van der Waals surface area contributed by atoms with Crippen molar-refractivity contribution in [1.29, 1.82) is 0 Å². The van der Waals surface area contributed by atoms with E-state index in [4.69, 9.17) is 9.47 Å². The fraction of sp³-hybridized carbons (Fsp3) is 0.444. The molecule has 2 heterocycles. The van der Waals surface area contributed by atoms with Gasteiger partial charge in [-0.15, -0.1) is 0 Å². The number of hydrogen-bond acceptors (Lipinski definition) is 5. The molecule has 0 bridgehead atoms. The highest BCUT2D eigenvalue weighted by atomic mass is 16.6. The van der Waals surface area contributed by atoms with Gasteiger partial charge in [-0.2, -0.15) is 0 Å². The van der Waals surface area contributed by atoms with Crippen molar-refractivity contribution in [3.8, 4) is 11.6 Å². The summed E-state index contributed by atoms with van der Waals surface area (Å²) in [7, 11) is 1.63. The maximum absolute atomic E-state index is 12.5. The summed E-state index contributed by atoms with van der Waals surface area (Å²) in [5, 5.41) is 12.9. The van der Waals surface area contributed by atoms with Gasteiger partial charge in [0.25, 0.3) is 0 Å². The summed E-state index contributed by atoms with van der Waals surface area (Å²) >= 11 is 0. The lowest BCUT2D eigenvalue weighted by Gasteiger charge is -2.35. The highest BCUT2D eigenvalue weighted by Crippen LogP contribution is 2.38. The Balaban J connectivity index is 1.18. The number of aromatic hydroxyl groups is 1. The SMILES string of the molecule is COc1ccc(COC(=O)N2CCN(c3ccc4cn(C5CCCCC5)c(O)c4c3)CC2)cc1. The third-order valence-corrected chi connectivity index (χ3v) is 7.19. The second kappa shape index (κ2) is 9.87. The van der Waals surface area contributed by atoms with Crippen LogP contribution in [0, 0.1) is 0 Å². The van der Waals surface area contributed by atoms with Gasteiger partial charge in [-0.3, -0.25) is 0 Å². The molecule has 2 fully saturated rings. The molecule has 0 unspecified atom stereocenters. The molecule has 0 spiro atoms. The van der Waals surface area contributed by atoms with Crippen LogP contribution in [0.5, 0.6) is 11.6 Å². The lowest BCUT2D eigenvalue weighted by molar-refractivity contribution is 0.0942. The van der Waals surface area contributed by atoms with Crippen molar-refractivity contribution >= 4 is 22.6 Å². The van der Waals surface area contributed by atoms with Crippen LogP contribution in [-0.4, -0.2) is 54.0 Å². The predicted molar refractivity (Wildman–Crippen MR) is 133 cm³/mol. The number of anilines is 1. The number of amides is 1. The average molecular weight is 464 g/mol. The summed E-state index contributed by atoms with van der Waals surface area (Å²) in [6.07, 6.45) is 7.85. The number of aromatic nitrogens is 1. The van der Waals surface area contributed by atoms with Crippen molar-refractivity contribution in [2.75, 3.05) is 38.2 Å². The average Bonchev–Trinajstić information content (AvgIpc) is 3.24. The van der Waals surface area contributed by atoms with Crippen molar-refractivity contribution in [3.05, 3.63) is 54.2 Å². The zero-order valence-electron chi connectivity index (χ0n) is 19.8. The molecule has 2 aromatic carbocycles. The third kappa shape index (κ3) is 4.65. The van der Waals surface area contributed by atoms with Crippen LogP contribution in [0.2, 0.25) is 0 Å². The fourth-order valence-corrected chi connectivity index (χ4v) is 5.14. The number of rotatable bonds is 5. The summed E-state index contributed by atoms with van der Waals surface area (Å²) in [5.74, 6) is 1.16. The first-order valence-corrected chi connectivity index (χ1v) is 12.3. The molecule has 34 heavy (non-hydrogen) atoms. The Labute approximate surface area is 200 Å². The molecule has 0 radical (unpaired) electrons. The van der Waals surface area contributed by atoms with Crippen LogP contribution in [0.15, 0.2) is 48.7 Å². The Morgan fingerprint density at radius 3 is 2.44 bits per heavy atom. The highest BCUT2D eigenvalue weighted by Gasteiger charge is 2.24. The van der Waals surface area contributed by atoms with Gasteiger partial charge >= 0.3 is 6.09 Å². The van der Waals surface area contributed by atoms with Gasteiger partial charge in [0.05, 0.1) is 7.11 Å². The van der Waals surface area contributed by atoms with E-state index in [-0.39, 0.29) is 12.7 Å². The standard InChI is InChI=1S/C27H33N3O4/c1-33-24-11-7-20(8-12-24)19-34-27(32)29-15-13-28(14-16-29)23-10-9-21-18-30(26(31)25(21)17-23)22-5-3-2-4-6-22/h7-12,17-18,22,31H,2-6,13-16,19H2,1H3. The summed E-state index contributed by atoms with van der Waals surface area (Å²) < 4.78 is 12.7. The van der Waals surface area contributed by atoms with Crippen LogP contribution < -0.4 is 9.64 Å². The number of piperazine rings is 1. The van der Waals surface area contributed by atoms with Gasteiger partial charge in [-0.05, 0) is 42.7 Å². The minimum atomic E-state index is -0.284. The topological polar surface area (TPSA) is 67.2 Å². The summed E-state index contributed by atoms with van der Waals surface area (Å²) in [6, 6.07) is 14.2. The molecule has 5 rings (SSSR count). The van der Waals surface area contributed by atoms with Gasteiger partial charge in [0, 0.05) is 54.9 Å². The van der Waals surface area contributed by atoms with Crippen LogP contribution in [0.1, 0.15) is 43.7 Å². The van der Waals surface area contributed by atoms with Gasteiger partial charge < -0.3 is 28.9 Å². The van der Waals surface area contributed by atoms with Crippen LogP contribution >= 0.6 is 0 Å². The van der Waals surface area contributed by atoms with Crippen LogP contribution in [0.3, 0.4) is 0 Å². The first-order valence-electron chi connectivity index (χ1n) is 12.3.